The topological polar surface area (TPSA) is 25.8 Å². The molecular formula is C36H26N2. The van der Waals surface area contributed by atoms with Crippen molar-refractivity contribution in [2.75, 3.05) is 0 Å². The van der Waals surface area contributed by atoms with Crippen LogP contribution in [0.3, 0.4) is 0 Å². The van der Waals surface area contributed by atoms with Gasteiger partial charge in [-0.15, -0.1) is 0 Å². The molecule has 180 valence electrons. The fourth-order valence-electron chi connectivity index (χ4n) is 4.80. The molecule has 0 atom stereocenters. The van der Waals surface area contributed by atoms with Gasteiger partial charge in [0.1, 0.15) is 0 Å². The summed E-state index contributed by atoms with van der Waals surface area (Å²) in [6.07, 6.45) is 9.32. The lowest BCUT2D eigenvalue weighted by Crippen LogP contribution is -1.88. The summed E-state index contributed by atoms with van der Waals surface area (Å²) in [5.41, 5.74) is 12.6. The van der Waals surface area contributed by atoms with Gasteiger partial charge in [0.15, 0.2) is 0 Å². The zero-order chi connectivity index (χ0) is 25.7. The highest BCUT2D eigenvalue weighted by atomic mass is 14.6. The Bertz CT molecular complexity index is 1620. The summed E-state index contributed by atoms with van der Waals surface area (Å²) in [4.78, 5) is 8.62. The zero-order valence-corrected chi connectivity index (χ0v) is 21.0. The molecular weight excluding hydrogens is 460 g/mol. The third-order valence-electron chi connectivity index (χ3n) is 6.77. The third kappa shape index (κ3) is 4.93. The van der Waals surface area contributed by atoms with E-state index < -0.39 is 0 Å². The molecule has 38 heavy (non-hydrogen) atoms. The van der Waals surface area contributed by atoms with Crippen molar-refractivity contribution in [3.63, 3.8) is 0 Å². The third-order valence-corrected chi connectivity index (χ3v) is 6.77. The van der Waals surface area contributed by atoms with Crippen molar-refractivity contribution in [2.24, 2.45) is 0 Å². The average Bonchev–Trinajstić information content (AvgIpc) is 3.02. The first kappa shape index (κ1) is 23.3. The van der Waals surface area contributed by atoms with Gasteiger partial charge in [0.2, 0.25) is 0 Å². The molecule has 4 aromatic carbocycles. The van der Waals surface area contributed by atoms with Crippen molar-refractivity contribution in [3.05, 3.63) is 152 Å². The molecule has 2 heteroatoms. The second kappa shape index (κ2) is 10.5. The second-order valence-electron chi connectivity index (χ2n) is 9.27. The highest BCUT2D eigenvalue weighted by Crippen LogP contribution is 2.35. The van der Waals surface area contributed by atoms with E-state index in [1.165, 1.54) is 16.7 Å². The van der Waals surface area contributed by atoms with E-state index in [9.17, 15) is 0 Å². The van der Waals surface area contributed by atoms with Crippen LogP contribution in [0.5, 0.6) is 0 Å². The van der Waals surface area contributed by atoms with Crippen LogP contribution in [-0.2, 0) is 0 Å². The molecule has 0 N–H and O–H groups in total. The van der Waals surface area contributed by atoms with E-state index in [1.807, 2.05) is 30.6 Å². The van der Waals surface area contributed by atoms with Crippen molar-refractivity contribution >= 4 is 6.08 Å². The largest absolute Gasteiger partial charge is 0.264 e. The quantitative estimate of drug-likeness (QED) is 0.234. The number of rotatable bonds is 6. The standard InChI is InChI=1S/C36H26N2/c1-2-26-8-3-9-27(18-26)34-21-35(30-12-4-10-28(19-30)32-14-6-16-37-24-32)23-36(22-34)31-13-5-11-29(20-31)33-15-7-17-38-25-33/h2-25H,1H2. The molecule has 2 nitrogen and oxygen atoms in total. The van der Waals surface area contributed by atoms with Crippen molar-refractivity contribution in [2.45, 2.75) is 0 Å². The van der Waals surface area contributed by atoms with Gasteiger partial charge < -0.3 is 0 Å². The maximum absolute atomic E-state index is 4.31. The van der Waals surface area contributed by atoms with Gasteiger partial charge in [-0.3, -0.25) is 9.97 Å². The summed E-state index contributed by atoms with van der Waals surface area (Å²) in [5.74, 6) is 0. The van der Waals surface area contributed by atoms with E-state index in [-0.39, 0.29) is 0 Å². The van der Waals surface area contributed by atoms with Crippen molar-refractivity contribution in [3.8, 4) is 55.6 Å². The molecule has 0 bridgehead atoms. The molecule has 2 heterocycles. The second-order valence-corrected chi connectivity index (χ2v) is 9.27. The summed E-state index contributed by atoms with van der Waals surface area (Å²) >= 11 is 0. The van der Waals surface area contributed by atoms with Crippen LogP contribution in [0.1, 0.15) is 5.56 Å². The Morgan fingerprint density at radius 2 is 0.763 bits per heavy atom. The minimum absolute atomic E-state index is 1.10. The van der Waals surface area contributed by atoms with Crippen molar-refractivity contribution in [1.29, 1.82) is 0 Å². The summed E-state index contributed by atoms with van der Waals surface area (Å²) in [6, 6.07) is 40.8. The molecule has 0 unspecified atom stereocenters. The fourth-order valence-corrected chi connectivity index (χ4v) is 4.80. The Morgan fingerprint density at radius 3 is 1.18 bits per heavy atom. The van der Waals surface area contributed by atoms with Gasteiger partial charge in [-0.1, -0.05) is 79.4 Å². The maximum Gasteiger partial charge on any atom is 0.0346 e. The molecule has 0 aliphatic rings. The fraction of sp³-hybridized carbons (Fsp3) is 0. The predicted molar refractivity (Wildman–Crippen MR) is 159 cm³/mol. The summed E-state index contributed by atoms with van der Waals surface area (Å²) in [6.45, 7) is 3.96. The normalized spacial score (nSPS) is 10.7. The zero-order valence-electron chi connectivity index (χ0n) is 21.0. The molecule has 0 aliphatic carbocycles. The lowest BCUT2D eigenvalue weighted by atomic mass is 9.91. The van der Waals surface area contributed by atoms with Crippen molar-refractivity contribution in [1.82, 2.24) is 9.97 Å². The first-order chi connectivity index (χ1) is 18.8. The molecule has 6 rings (SSSR count). The molecule has 0 spiro atoms. The number of hydrogen-bond donors (Lipinski definition) is 0. The number of nitrogens with zero attached hydrogens (tertiary/aromatic N) is 2. The Kier molecular flexibility index (Phi) is 6.44. The lowest BCUT2D eigenvalue weighted by molar-refractivity contribution is 1.33. The van der Waals surface area contributed by atoms with Gasteiger partial charge in [-0.2, -0.15) is 0 Å². The summed E-state index contributed by atoms with van der Waals surface area (Å²) in [5, 5.41) is 0. The van der Waals surface area contributed by atoms with E-state index in [0.717, 1.165) is 44.5 Å². The molecule has 2 aromatic heterocycles. The number of pyridine rings is 2. The van der Waals surface area contributed by atoms with E-state index in [0.29, 0.717) is 0 Å². The molecule has 0 saturated carbocycles. The Hall–Kier alpha value is -5.08. The maximum atomic E-state index is 4.31. The van der Waals surface area contributed by atoms with Crippen molar-refractivity contribution < 1.29 is 0 Å². The number of aromatic nitrogens is 2. The molecule has 0 saturated heterocycles. The van der Waals surface area contributed by atoms with Crippen LogP contribution in [0.25, 0.3) is 61.7 Å². The van der Waals surface area contributed by atoms with Gasteiger partial charge >= 0.3 is 0 Å². The first-order valence-corrected chi connectivity index (χ1v) is 12.7. The number of benzene rings is 4. The molecule has 6 aromatic rings. The van der Waals surface area contributed by atoms with E-state index in [4.69, 9.17) is 0 Å². The molecule has 0 aliphatic heterocycles. The highest BCUT2D eigenvalue weighted by molar-refractivity contribution is 5.84. The minimum Gasteiger partial charge on any atom is -0.264 e. The SMILES string of the molecule is C=Cc1cccc(-c2cc(-c3cccc(-c4cccnc4)c3)cc(-c3cccc(-c4cccnc4)c3)c2)c1. The van der Waals surface area contributed by atoms with Crippen LogP contribution < -0.4 is 0 Å². The van der Waals surface area contributed by atoms with Crippen LogP contribution in [0.4, 0.5) is 0 Å². The van der Waals surface area contributed by atoms with Crippen LogP contribution in [0, 0.1) is 0 Å². The predicted octanol–water partition coefficient (Wildman–Crippen LogP) is 9.45. The summed E-state index contributed by atoms with van der Waals surface area (Å²) < 4.78 is 0. The first-order valence-electron chi connectivity index (χ1n) is 12.7. The van der Waals surface area contributed by atoms with E-state index >= 15 is 0 Å². The van der Waals surface area contributed by atoms with Gasteiger partial charge in [-0.25, -0.2) is 0 Å². The van der Waals surface area contributed by atoms with Crippen LogP contribution in [0.2, 0.25) is 0 Å². The van der Waals surface area contributed by atoms with Gasteiger partial charge in [-0.05, 0) is 98.6 Å². The molecule has 0 amide bonds. The van der Waals surface area contributed by atoms with E-state index in [1.54, 1.807) is 12.4 Å². The van der Waals surface area contributed by atoms with Gasteiger partial charge in [0.25, 0.3) is 0 Å². The average molecular weight is 487 g/mol. The van der Waals surface area contributed by atoms with Crippen LogP contribution >= 0.6 is 0 Å². The highest BCUT2D eigenvalue weighted by Gasteiger charge is 2.10. The Morgan fingerprint density at radius 1 is 0.395 bits per heavy atom. The van der Waals surface area contributed by atoms with Crippen LogP contribution in [0.15, 0.2) is 147 Å². The Labute approximate surface area is 223 Å². The van der Waals surface area contributed by atoms with E-state index in [2.05, 4.69) is 120 Å². The minimum atomic E-state index is 1.10. The Balaban J connectivity index is 1.51. The van der Waals surface area contributed by atoms with Crippen LogP contribution in [-0.4, -0.2) is 9.97 Å². The van der Waals surface area contributed by atoms with Gasteiger partial charge in [0, 0.05) is 35.9 Å². The lowest BCUT2D eigenvalue weighted by Gasteiger charge is -2.13. The van der Waals surface area contributed by atoms with Gasteiger partial charge in [0.05, 0.1) is 0 Å². The monoisotopic (exact) mass is 486 g/mol. The summed E-state index contributed by atoms with van der Waals surface area (Å²) in [7, 11) is 0. The molecule has 0 radical (unpaired) electrons. The number of hydrogen-bond acceptors (Lipinski definition) is 2. The molecule has 0 fully saturated rings. The smallest absolute Gasteiger partial charge is 0.0346 e.